The van der Waals surface area contributed by atoms with Crippen molar-refractivity contribution in [2.75, 3.05) is 10.6 Å². The van der Waals surface area contributed by atoms with Crippen molar-refractivity contribution in [3.63, 3.8) is 0 Å². The molecule has 22 heavy (non-hydrogen) atoms. The van der Waals surface area contributed by atoms with Crippen LogP contribution in [0.5, 0.6) is 0 Å². The number of para-hydroxylation sites is 1. The molecule has 0 aliphatic heterocycles. The van der Waals surface area contributed by atoms with Crippen LogP contribution < -0.4 is 10.6 Å². The average molecular weight is 341 g/mol. The van der Waals surface area contributed by atoms with Crippen molar-refractivity contribution in [2.45, 2.75) is 6.42 Å². The average Bonchev–Trinajstić information content (AvgIpc) is 2.45. The minimum Gasteiger partial charge on any atom is -0.324 e. The van der Waals surface area contributed by atoms with Crippen molar-refractivity contribution in [3.05, 3.63) is 58.3 Å². The quantitative estimate of drug-likeness (QED) is 0.823. The minimum atomic E-state index is -0.638. The summed E-state index contributed by atoms with van der Waals surface area (Å²) in [7, 11) is 0. The lowest BCUT2D eigenvalue weighted by atomic mass is 10.2. The van der Waals surface area contributed by atoms with E-state index in [4.69, 9.17) is 23.2 Å². The van der Waals surface area contributed by atoms with Gasteiger partial charge in [-0.15, -0.1) is 0 Å². The summed E-state index contributed by atoms with van der Waals surface area (Å²) in [4.78, 5) is 23.5. The van der Waals surface area contributed by atoms with E-state index >= 15 is 0 Å². The van der Waals surface area contributed by atoms with E-state index in [2.05, 4.69) is 10.6 Å². The normalized spacial score (nSPS) is 10.1. The van der Waals surface area contributed by atoms with Crippen LogP contribution in [-0.4, -0.2) is 11.8 Å². The molecule has 0 fully saturated rings. The Hall–Kier alpha value is -2.11. The highest BCUT2D eigenvalue weighted by Gasteiger charge is 2.13. The van der Waals surface area contributed by atoms with E-state index in [1.54, 1.807) is 12.1 Å². The number of anilines is 2. The fourth-order valence-electron chi connectivity index (χ4n) is 1.69. The van der Waals surface area contributed by atoms with E-state index in [9.17, 15) is 14.0 Å². The summed E-state index contributed by atoms with van der Waals surface area (Å²) in [6.45, 7) is 0. The highest BCUT2D eigenvalue weighted by Crippen LogP contribution is 2.25. The third kappa shape index (κ3) is 4.44. The predicted octanol–water partition coefficient (Wildman–Crippen LogP) is 4.10. The van der Waals surface area contributed by atoms with Gasteiger partial charge in [-0.05, 0) is 30.3 Å². The Morgan fingerprint density at radius 2 is 1.59 bits per heavy atom. The van der Waals surface area contributed by atoms with Gasteiger partial charge in [0, 0.05) is 5.02 Å². The third-order valence-electron chi connectivity index (χ3n) is 2.67. The van der Waals surface area contributed by atoms with Gasteiger partial charge in [-0.25, -0.2) is 4.39 Å². The van der Waals surface area contributed by atoms with Gasteiger partial charge in [-0.2, -0.15) is 0 Å². The summed E-state index contributed by atoms with van der Waals surface area (Å²) >= 11 is 11.7. The number of nitrogens with one attached hydrogen (secondary N) is 2. The Balaban J connectivity index is 1.96. The van der Waals surface area contributed by atoms with E-state index in [1.807, 2.05) is 0 Å². The first-order chi connectivity index (χ1) is 10.5. The van der Waals surface area contributed by atoms with Crippen molar-refractivity contribution in [1.82, 2.24) is 0 Å². The number of amides is 2. The fraction of sp³-hybridized carbons (Fsp3) is 0.0667. The molecule has 4 nitrogen and oxygen atoms in total. The number of carbonyl (C=O) groups is 2. The lowest BCUT2D eigenvalue weighted by molar-refractivity contribution is -0.123. The molecule has 2 N–H and O–H groups in total. The van der Waals surface area contributed by atoms with Crippen LogP contribution >= 0.6 is 23.2 Å². The Kier molecular flexibility index (Phi) is 5.35. The zero-order valence-electron chi connectivity index (χ0n) is 11.2. The van der Waals surface area contributed by atoms with E-state index in [-0.39, 0.29) is 5.69 Å². The maximum atomic E-state index is 13.4. The summed E-state index contributed by atoms with van der Waals surface area (Å²) in [6, 6.07) is 10.3. The number of hydrogen-bond acceptors (Lipinski definition) is 2. The van der Waals surface area contributed by atoms with E-state index in [0.29, 0.717) is 15.7 Å². The van der Waals surface area contributed by atoms with Gasteiger partial charge in [0.2, 0.25) is 11.8 Å². The zero-order chi connectivity index (χ0) is 16.1. The molecule has 0 bridgehead atoms. The first-order valence-electron chi connectivity index (χ1n) is 6.25. The van der Waals surface area contributed by atoms with Gasteiger partial charge in [-0.1, -0.05) is 35.3 Å². The molecule has 0 aromatic heterocycles. The Morgan fingerprint density at radius 3 is 2.27 bits per heavy atom. The van der Waals surface area contributed by atoms with Gasteiger partial charge in [0.1, 0.15) is 12.2 Å². The highest BCUT2D eigenvalue weighted by molar-refractivity contribution is 6.35. The van der Waals surface area contributed by atoms with Gasteiger partial charge in [-0.3, -0.25) is 9.59 Å². The first-order valence-corrected chi connectivity index (χ1v) is 7.00. The fourth-order valence-corrected chi connectivity index (χ4v) is 2.03. The Labute approximate surface area is 136 Å². The summed E-state index contributed by atoms with van der Waals surface area (Å²) in [6.07, 6.45) is -0.475. The van der Waals surface area contributed by atoms with E-state index in [1.165, 1.54) is 30.3 Å². The van der Waals surface area contributed by atoms with Crippen LogP contribution in [-0.2, 0) is 9.59 Å². The van der Waals surface area contributed by atoms with Crippen molar-refractivity contribution in [1.29, 1.82) is 0 Å². The maximum absolute atomic E-state index is 13.4. The molecule has 2 aromatic rings. The number of benzene rings is 2. The van der Waals surface area contributed by atoms with Crippen LogP contribution in [0.1, 0.15) is 6.42 Å². The van der Waals surface area contributed by atoms with Crippen LogP contribution in [0.15, 0.2) is 42.5 Å². The topological polar surface area (TPSA) is 58.2 Å². The van der Waals surface area contributed by atoms with Crippen LogP contribution in [0, 0.1) is 5.82 Å². The molecule has 0 atom stereocenters. The van der Waals surface area contributed by atoms with Crippen molar-refractivity contribution in [3.8, 4) is 0 Å². The summed E-state index contributed by atoms with van der Waals surface area (Å²) < 4.78 is 13.4. The van der Waals surface area contributed by atoms with Gasteiger partial charge in [0.05, 0.1) is 16.4 Å². The molecule has 114 valence electrons. The number of rotatable bonds is 4. The van der Waals surface area contributed by atoms with E-state index in [0.717, 1.165) is 0 Å². The molecule has 7 heteroatoms. The molecule has 0 unspecified atom stereocenters. The second-order valence-corrected chi connectivity index (χ2v) is 5.22. The molecular weight excluding hydrogens is 330 g/mol. The number of halogens is 3. The molecule has 0 aliphatic rings. The largest absolute Gasteiger partial charge is 0.324 e. The van der Waals surface area contributed by atoms with Gasteiger partial charge in [0.25, 0.3) is 0 Å². The summed E-state index contributed by atoms with van der Waals surface area (Å²) in [5, 5.41) is 5.49. The first kappa shape index (κ1) is 16.3. The van der Waals surface area contributed by atoms with Gasteiger partial charge >= 0.3 is 0 Å². The molecular formula is C15H11Cl2FN2O2. The smallest absolute Gasteiger partial charge is 0.233 e. The number of carbonyl (C=O) groups excluding carboxylic acids is 2. The maximum Gasteiger partial charge on any atom is 0.233 e. The predicted molar refractivity (Wildman–Crippen MR) is 84.7 cm³/mol. The Bertz CT molecular complexity index is 722. The van der Waals surface area contributed by atoms with Gasteiger partial charge < -0.3 is 10.6 Å². The standard InChI is InChI=1S/C15H11Cl2FN2O2/c16-9-5-6-10(17)13(7-9)20-15(22)8-14(21)19-12-4-2-1-3-11(12)18/h1-7H,8H2,(H,19,21)(H,20,22). The monoisotopic (exact) mass is 340 g/mol. The van der Waals surface area contributed by atoms with Gasteiger partial charge in [0.15, 0.2) is 0 Å². The summed E-state index contributed by atoms with van der Waals surface area (Å²) in [5.74, 6) is -1.80. The number of hydrogen-bond donors (Lipinski definition) is 2. The minimum absolute atomic E-state index is 0.0149. The van der Waals surface area contributed by atoms with Crippen molar-refractivity contribution < 1.29 is 14.0 Å². The summed E-state index contributed by atoms with van der Waals surface area (Å²) in [5.41, 5.74) is 0.318. The van der Waals surface area contributed by atoms with Crippen LogP contribution in [0.4, 0.5) is 15.8 Å². The van der Waals surface area contributed by atoms with Crippen molar-refractivity contribution in [2.24, 2.45) is 0 Å². The Morgan fingerprint density at radius 1 is 0.955 bits per heavy atom. The molecule has 0 saturated carbocycles. The molecule has 2 aromatic carbocycles. The molecule has 0 heterocycles. The van der Waals surface area contributed by atoms with Crippen LogP contribution in [0.3, 0.4) is 0 Å². The van der Waals surface area contributed by atoms with Crippen molar-refractivity contribution >= 4 is 46.4 Å². The second kappa shape index (κ2) is 7.24. The molecule has 0 saturated heterocycles. The molecule has 2 rings (SSSR count). The highest BCUT2D eigenvalue weighted by atomic mass is 35.5. The molecule has 0 radical (unpaired) electrons. The lowest BCUT2D eigenvalue weighted by Crippen LogP contribution is -2.22. The third-order valence-corrected chi connectivity index (χ3v) is 3.24. The lowest BCUT2D eigenvalue weighted by Gasteiger charge is -2.08. The zero-order valence-corrected chi connectivity index (χ0v) is 12.7. The molecule has 0 aliphatic carbocycles. The van der Waals surface area contributed by atoms with Crippen LogP contribution in [0.25, 0.3) is 0 Å². The SMILES string of the molecule is O=C(CC(=O)Nc1cc(Cl)ccc1Cl)Nc1ccccc1F. The van der Waals surface area contributed by atoms with E-state index < -0.39 is 24.1 Å². The van der Waals surface area contributed by atoms with Crippen LogP contribution in [0.2, 0.25) is 10.0 Å². The molecule has 2 amide bonds. The second-order valence-electron chi connectivity index (χ2n) is 4.38. The molecule has 0 spiro atoms.